The van der Waals surface area contributed by atoms with E-state index in [9.17, 15) is 5.11 Å². The van der Waals surface area contributed by atoms with Crippen molar-refractivity contribution in [1.82, 2.24) is 5.32 Å². The fourth-order valence-corrected chi connectivity index (χ4v) is 2.26. The largest absolute Gasteiger partial charge is 0.506 e. The van der Waals surface area contributed by atoms with Crippen LogP contribution in [0.4, 0.5) is 0 Å². The van der Waals surface area contributed by atoms with E-state index in [1.807, 2.05) is 19.1 Å². The summed E-state index contributed by atoms with van der Waals surface area (Å²) in [6.45, 7) is 3.45. The zero-order valence-electron chi connectivity index (χ0n) is 9.95. The number of para-hydroxylation sites is 1. The molecule has 3 nitrogen and oxygen atoms in total. The fraction of sp³-hybridized carbons (Fsp3) is 0.538. The van der Waals surface area contributed by atoms with Crippen molar-refractivity contribution in [2.24, 2.45) is 0 Å². The van der Waals surface area contributed by atoms with Gasteiger partial charge in [-0.3, -0.25) is 0 Å². The molecule has 0 radical (unpaired) electrons. The Labute approximate surface area is 107 Å². The maximum absolute atomic E-state index is 9.74. The van der Waals surface area contributed by atoms with E-state index >= 15 is 0 Å². The lowest BCUT2D eigenvalue weighted by atomic mass is 9.89. The molecule has 0 amide bonds. The minimum absolute atomic E-state index is 0.183. The van der Waals surface area contributed by atoms with Gasteiger partial charge in [0.05, 0.1) is 11.1 Å². The van der Waals surface area contributed by atoms with Crippen LogP contribution in [0.2, 0.25) is 5.02 Å². The average Bonchev–Trinajstić information content (AvgIpc) is 2.26. The highest BCUT2D eigenvalue weighted by atomic mass is 35.5. The Balaban J connectivity index is 1.78. The molecule has 1 aliphatic carbocycles. The molecule has 0 aliphatic heterocycles. The lowest BCUT2D eigenvalue weighted by molar-refractivity contribution is -0.0102. The molecule has 2 rings (SSSR count). The first-order valence-corrected chi connectivity index (χ1v) is 6.39. The van der Waals surface area contributed by atoms with Gasteiger partial charge >= 0.3 is 0 Å². The normalized spacial score (nSPS) is 23.4. The molecule has 94 valence electrons. The Hall–Kier alpha value is -0.770. The van der Waals surface area contributed by atoms with Crippen LogP contribution in [-0.2, 0) is 11.3 Å². The Morgan fingerprint density at radius 1 is 1.47 bits per heavy atom. The molecule has 1 aromatic carbocycles. The first kappa shape index (κ1) is 12.7. The van der Waals surface area contributed by atoms with E-state index in [1.54, 1.807) is 6.07 Å². The Kier molecular flexibility index (Phi) is 4.26. The minimum atomic E-state index is 0.183. The molecule has 0 unspecified atom stereocenters. The standard InChI is InChI=1S/C13H18ClNO2/c1-2-17-11-6-10(7-11)15-8-9-4-3-5-12(14)13(9)16/h3-5,10-11,15-16H,2,6-8H2,1H3. The van der Waals surface area contributed by atoms with Gasteiger partial charge < -0.3 is 15.2 Å². The van der Waals surface area contributed by atoms with E-state index in [2.05, 4.69) is 5.32 Å². The van der Waals surface area contributed by atoms with Gasteiger partial charge in [0.2, 0.25) is 0 Å². The van der Waals surface area contributed by atoms with E-state index in [0.717, 1.165) is 25.0 Å². The summed E-state index contributed by atoms with van der Waals surface area (Å²) in [5.41, 5.74) is 0.845. The number of phenolic OH excluding ortho intramolecular Hbond substituents is 1. The number of nitrogens with one attached hydrogen (secondary N) is 1. The number of halogens is 1. The second-order valence-corrected chi connectivity index (χ2v) is 4.78. The van der Waals surface area contributed by atoms with Gasteiger partial charge in [0, 0.05) is 24.8 Å². The second-order valence-electron chi connectivity index (χ2n) is 4.37. The molecular formula is C13H18ClNO2. The van der Waals surface area contributed by atoms with Crippen LogP contribution < -0.4 is 5.32 Å². The van der Waals surface area contributed by atoms with Crippen molar-refractivity contribution in [3.05, 3.63) is 28.8 Å². The van der Waals surface area contributed by atoms with Crippen LogP contribution in [-0.4, -0.2) is 23.9 Å². The summed E-state index contributed by atoms with van der Waals surface area (Å²) >= 11 is 5.84. The predicted octanol–water partition coefficient (Wildman–Crippen LogP) is 2.70. The molecule has 0 aromatic heterocycles. The van der Waals surface area contributed by atoms with Crippen molar-refractivity contribution in [2.45, 2.75) is 38.5 Å². The third-order valence-corrected chi connectivity index (χ3v) is 3.45. The molecule has 1 aromatic rings. The maximum atomic E-state index is 9.74. The van der Waals surface area contributed by atoms with Gasteiger partial charge in [0.15, 0.2) is 0 Å². The molecule has 17 heavy (non-hydrogen) atoms. The van der Waals surface area contributed by atoms with Crippen molar-refractivity contribution < 1.29 is 9.84 Å². The van der Waals surface area contributed by atoms with E-state index in [-0.39, 0.29) is 5.75 Å². The summed E-state index contributed by atoms with van der Waals surface area (Å²) in [7, 11) is 0. The first-order chi connectivity index (χ1) is 8.20. The molecule has 0 bridgehead atoms. The van der Waals surface area contributed by atoms with Crippen LogP contribution >= 0.6 is 11.6 Å². The predicted molar refractivity (Wildman–Crippen MR) is 68.4 cm³/mol. The average molecular weight is 256 g/mol. The number of ether oxygens (including phenoxy) is 1. The van der Waals surface area contributed by atoms with E-state index in [4.69, 9.17) is 16.3 Å². The molecule has 1 fully saturated rings. The topological polar surface area (TPSA) is 41.5 Å². The zero-order valence-corrected chi connectivity index (χ0v) is 10.7. The zero-order chi connectivity index (χ0) is 12.3. The SMILES string of the molecule is CCOC1CC(NCc2cccc(Cl)c2O)C1. The van der Waals surface area contributed by atoms with Gasteiger partial charge in [0.1, 0.15) is 5.75 Å². The molecule has 1 saturated carbocycles. The number of aromatic hydroxyl groups is 1. The summed E-state index contributed by atoms with van der Waals surface area (Å²) in [6.07, 6.45) is 2.51. The van der Waals surface area contributed by atoms with Gasteiger partial charge in [-0.15, -0.1) is 0 Å². The van der Waals surface area contributed by atoms with Crippen LogP contribution in [0.1, 0.15) is 25.3 Å². The summed E-state index contributed by atoms with van der Waals surface area (Å²) in [6, 6.07) is 5.91. The monoisotopic (exact) mass is 255 g/mol. The lowest BCUT2D eigenvalue weighted by Crippen LogP contribution is -2.45. The van der Waals surface area contributed by atoms with Crippen molar-refractivity contribution in [3.63, 3.8) is 0 Å². The Morgan fingerprint density at radius 3 is 2.94 bits per heavy atom. The highest BCUT2D eigenvalue weighted by Gasteiger charge is 2.28. The van der Waals surface area contributed by atoms with E-state index in [0.29, 0.717) is 23.7 Å². The minimum Gasteiger partial charge on any atom is -0.506 e. The van der Waals surface area contributed by atoms with Gasteiger partial charge in [-0.2, -0.15) is 0 Å². The number of phenols is 1. The third-order valence-electron chi connectivity index (χ3n) is 3.15. The Morgan fingerprint density at radius 2 is 2.24 bits per heavy atom. The smallest absolute Gasteiger partial charge is 0.138 e. The van der Waals surface area contributed by atoms with Crippen LogP contribution in [0.15, 0.2) is 18.2 Å². The lowest BCUT2D eigenvalue weighted by Gasteiger charge is -2.35. The van der Waals surface area contributed by atoms with E-state index < -0.39 is 0 Å². The molecule has 1 aliphatic rings. The highest BCUT2D eigenvalue weighted by Crippen LogP contribution is 2.28. The molecule has 0 spiro atoms. The number of rotatable bonds is 5. The molecule has 0 saturated heterocycles. The van der Waals surface area contributed by atoms with Crippen LogP contribution in [0.25, 0.3) is 0 Å². The quantitative estimate of drug-likeness (QED) is 0.850. The molecule has 0 heterocycles. The van der Waals surface area contributed by atoms with Crippen molar-refractivity contribution in [3.8, 4) is 5.75 Å². The van der Waals surface area contributed by atoms with Gasteiger partial charge in [-0.25, -0.2) is 0 Å². The van der Waals surface area contributed by atoms with Crippen LogP contribution in [0.3, 0.4) is 0 Å². The molecule has 4 heteroatoms. The highest BCUT2D eigenvalue weighted by molar-refractivity contribution is 6.32. The summed E-state index contributed by atoms with van der Waals surface area (Å²) in [4.78, 5) is 0. The molecule has 0 atom stereocenters. The van der Waals surface area contributed by atoms with Crippen molar-refractivity contribution >= 4 is 11.6 Å². The van der Waals surface area contributed by atoms with Crippen LogP contribution in [0, 0.1) is 0 Å². The third kappa shape index (κ3) is 3.12. The van der Waals surface area contributed by atoms with Gasteiger partial charge in [-0.05, 0) is 25.8 Å². The van der Waals surface area contributed by atoms with Gasteiger partial charge in [0.25, 0.3) is 0 Å². The maximum Gasteiger partial charge on any atom is 0.138 e. The number of hydrogen-bond acceptors (Lipinski definition) is 3. The molecule has 2 N–H and O–H groups in total. The summed E-state index contributed by atoms with van der Waals surface area (Å²) in [5.74, 6) is 0.183. The fourth-order valence-electron chi connectivity index (χ4n) is 2.06. The van der Waals surface area contributed by atoms with Crippen LogP contribution in [0.5, 0.6) is 5.75 Å². The summed E-state index contributed by atoms with van der Waals surface area (Å²) < 4.78 is 5.49. The molecular weight excluding hydrogens is 238 g/mol. The van der Waals surface area contributed by atoms with Crippen molar-refractivity contribution in [1.29, 1.82) is 0 Å². The Bertz CT molecular complexity index is 378. The second kappa shape index (κ2) is 5.71. The summed E-state index contributed by atoms with van der Waals surface area (Å²) in [5, 5.41) is 13.5. The number of hydrogen-bond donors (Lipinski definition) is 2. The number of benzene rings is 1. The van der Waals surface area contributed by atoms with Crippen molar-refractivity contribution in [2.75, 3.05) is 6.61 Å². The van der Waals surface area contributed by atoms with Gasteiger partial charge in [-0.1, -0.05) is 23.7 Å². The first-order valence-electron chi connectivity index (χ1n) is 6.02. The van der Waals surface area contributed by atoms with E-state index in [1.165, 1.54) is 0 Å².